The average molecular weight is 380 g/mol. The van der Waals surface area contributed by atoms with Crippen LogP contribution in [0.5, 0.6) is 0 Å². The fraction of sp³-hybridized carbons (Fsp3) is 0.368. The lowest BCUT2D eigenvalue weighted by molar-refractivity contribution is 0.339. The predicted molar refractivity (Wildman–Crippen MR) is 105 cm³/mol. The van der Waals surface area contributed by atoms with Crippen LogP contribution in [0, 0.1) is 0 Å². The normalized spacial score (nSPS) is 11.4. The number of hydrogen-bond donors (Lipinski definition) is 0. The Bertz CT molecular complexity index is 553. The van der Waals surface area contributed by atoms with Gasteiger partial charge >= 0.3 is 0 Å². The van der Waals surface area contributed by atoms with Gasteiger partial charge in [-0.25, -0.2) is 0 Å². The van der Waals surface area contributed by atoms with Crippen molar-refractivity contribution in [1.82, 2.24) is 0 Å². The van der Waals surface area contributed by atoms with Crippen LogP contribution < -0.4 is 0 Å². The van der Waals surface area contributed by atoms with Crippen LogP contribution >= 0.6 is 16.8 Å². The maximum Gasteiger partial charge on any atom is 0.174 e. The van der Waals surface area contributed by atoms with Crippen molar-refractivity contribution in [2.24, 2.45) is 0 Å². The molecular formula is C19H26O4P2. The van der Waals surface area contributed by atoms with E-state index in [4.69, 9.17) is 18.1 Å². The highest BCUT2D eigenvalue weighted by atomic mass is 31.2. The van der Waals surface area contributed by atoms with Gasteiger partial charge in [-0.1, -0.05) is 48.5 Å². The van der Waals surface area contributed by atoms with Gasteiger partial charge in [-0.15, -0.1) is 0 Å². The van der Waals surface area contributed by atoms with Crippen LogP contribution in [0.2, 0.25) is 0 Å². The predicted octanol–water partition coefficient (Wildman–Crippen LogP) is 5.49. The van der Waals surface area contributed by atoms with E-state index in [1.54, 1.807) is 28.4 Å². The van der Waals surface area contributed by atoms with Crippen LogP contribution in [0.15, 0.2) is 48.5 Å². The van der Waals surface area contributed by atoms with Crippen LogP contribution in [0.3, 0.4) is 0 Å². The first-order chi connectivity index (χ1) is 12.2. The van der Waals surface area contributed by atoms with Gasteiger partial charge in [-0.05, 0) is 28.7 Å². The van der Waals surface area contributed by atoms with Gasteiger partial charge in [0.2, 0.25) is 0 Å². The molecule has 0 fully saturated rings. The summed E-state index contributed by atoms with van der Waals surface area (Å²) in [7, 11) is 5.11. The molecule has 0 N–H and O–H groups in total. The summed E-state index contributed by atoms with van der Waals surface area (Å²) in [6, 6.07) is 17.3. The lowest BCUT2D eigenvalue weighted by Crippen LogP contribution is -1.93. The van der Waals surface area contributed by atoms with Crippen molar-refractivity contribution in [2.45, 2.75) is 18.7 Å². The third-order valence-corrected chi connectivity index (χ3v) is 6.77. The zero-order valence-corrected chi connectivity index (χ0v) is 17.1. The van der Waals surface area contributed by atoms with Crippen LogP contribution in [0.4, 0.5) is 0 Å². The van der Waals surface area contributed by atoms with Crippen molar-refractivity contribution in [3.8, 4) is 0 Å². The number of hydrogen-bond acceptors (Lipinski definition) is 4. The monoisotopic (exact) mass is 380 g/mol. The molecule has 0 aliphatic carbocycles. The van der Waals surface area contributed by atoms with Crippen molar-refractivity contribution in [1.29, 1.82) is 0 Å². The van der Waals surface area contributed by atoms with Gasteiger partial charge < -0.3 is 18.1 Å². The van der Waals surface area contributed by atoms with Gasteiger partial charge in [0.25, 0.3) is 0 Å². The maximum absolute atomic E-state index is 5.31. The summed E-state index contributed by atoms with van der Waals surface area (Å²) in [4.78, 5) is 0. The molecule has 0 saturated carbocycles. The van der Waals surface area contributed by atoms with Crippen LogP contribution in [-0.2, 0) is 36.8 Å². The zero-order valence-electron chi connectivity index (χ0n) is 15.3. The quantitative estimate of drug-likeness (QED) is 0.511. The molecule has 0 amide bonds. The van der Waals surface area contributed by atoms with E-state index < -0.39 is 16.8 Å². The van der Waals surface area contributed by atoms with Gasteiger partial charge in [-0.3, -0.25) is 0 Å². The van der Waals surface area contributed by atoms with E-state index in [0.29, 0.717) is 0 Å². The fourth-order valence-electron chi connectivity index (χ4n) is 2.47. The van der Waals surface area contributed by atoms with Crippen LogP contribution in [0.1, 0.15) is 22.3 Å². The minimum Gasteiger partial charge on any atom is -0.337 e. The Hall–Kier alpha value is -0.860. The van der Waals surface area contributed by atoms with Crippen molar-refractivity contribution in [3.63, 3.8) is 0 Å². The Kier molecular flexibility index (Phi) is 8.98. The minimum absolute atomic E-state index is 0.819. The van der Waals surface area contributed by atoms with Gasteiger partial charge in [-0.2, -0.15) is 0 Å². The molecule has 0 unspecified atom stereocenters. The first kappa shape index (κ1) is 20.5. The summed E-state index contributed by atoms with van der Waals surface area (Å²) in [6.07, 6.45) is 2.56. The highest BCUT2D eigenvalue weighted by molar-refractivity contribution is 7.46. The van der Waals surface area contributed by atoms with E-state index in [1.165, 1.54) is 22.3 Å². The third kappa shape index (κ3) is 6.75. The fourth-order valence-corrected chi connectivity index (χ4v) is 4.30. The molecule has 0 aliphatic rings. The average Bonchev–Trinajstić information content (AvgIpc) is 2.66. The summed E-state index contributed by atoms with van der Waals surface area (Å²) in [5, 5.41) is 0. The lowest BCUT2D eigenvalue weighted by Gasteiger charge is -2.13. The Labute approximate surface area is 153 Å². The molecule has 0 bridgehead atoms. The van der Waals surface area contributed by atoms with Crippen molar-refractivity contribution in [2.75, 3.05) is 28.4 Å². The first-order valence-corrected chi connectivity index (χ1v) is 10.8. The second kappa shape index (κ2) is 11.0. The molecule has 0 heterocycles. The van der Waals surface area contributed by atoms with E-state index in [0.717, 1.165) is 18.7 Å². The highest BCUT2D eigenvalue weighted by Gasteiger charge is 2.09. The van der Waals surface area contributed by atoms with Crippen LogP contribution in [-0.4, -0.2) is 28.4 Å². The van der Waals surface area contributed by atoms with E-state index in [9.17, 15) is 0 Å². The molecule has 0 spiro atoms. The van der Waals surface area contributed by atoms with E-state index in [2.05, 4.69) is 48.5 Å². The molecule has 2 aromatic rings. The standard InChI is InChI=1S/C19H26O4P2/c1-20-24(21-2)14-18-9-5-16(6-10-18)13-17-7-11-19(12-8-17)15-25(22-3)23-4/h5-12H,13-15H2,1-4H3. The van der Waals surface area contributed by atoms with Gasteiger partial charge in [0.1, 0.15) is 0 Å². The van der Waals surface area contributed by atoms with Gasteiger partial charge in [0.05, 0.1) is 0 Å². The Balaban J connectivity index is 1.93. The Morgan fingerprint density at radius 2 is 0.800 bits per heavy atom. The molecule has 6 heteroatoms. The van der Waals surface area contributed by atoms with Crippen molar-refractivity contribution < 1.29 is 18.1 Å². The summed E-state index contributed by atoms with van der Waals surface area (Å²) in [5.41, 5.74) is 5.07. The molecule has 2 aromatic carbocycles. The molecule has 0 saturated heterocycles. The lowest BCUT2D eigenvalue weighted by atomic mass is 10.0. The second-order valence-corrected chi connectivity index (χ2v) is 8.95. The molecule has 0 aliphatic heterocycles. The maximum atomic E-state index is 5.31. The summed E-state index contributed by atoms with van der Waals surface area (Å²) in [6.45, 7) is 0. The summed E-state index contributed by atoms with van der Waals surface area (Å²) in [5.74, 6) is 0. The Morgan fingerprint density at radius 1 is 0.520 bits per heavy atom. The topological polar surface area (TPSA) is 36.9 Å². The molecule has 136 valence electrons. The second-order valence-electron chi connectivity index (χ2n) is 5.52. The van der Waals surface area contributed by atoms with E-state index in [-0.39, 0.29) is 0 Å². The summed E-state index contributed by atoms with van der Waals surface area (Å²) < 4.78 is 21.2. The largest absolute Gasteiger partial charge is 0.337 e. The summed E-state index contributed by atoms with van der Waals surface area (Å²) >= 11 is 0. The first-order valence-electron chi connectivity index (χ1n) is 8.05. The molecule has 4 nitrogen and oxygen atoms in total. The smallest absolute Gasteiger partial charge is 0.174 e. The number of benzene rings is 2. The SMILES string of the molecule is COP(Cc1ccc(Cc2ccc(CP(OC)OC)cc2)cc1)OC. The van der Waals surface area contributed by atoms with Gasteiger partial charge in [0.15, 0.2) is 16.8 Å². The molecule has 25 heavy (non-hydrogen) atoms. The number of rotatable bonds is 10. The highest BCUT2D eigenvalue weighted by Crippen LogP contribution is 2.40. The van der Waals surface area contributed by atoms with Crippen molar-refractivity contribution >= 4 is 16.8 Å². The van der Waals surface area contributed by atoms with Crippen LogP contribution in [0.25, 0.3) is 0 Å². The minimum atomic E-state index is -0.823. The molecular weight excluding hydrogens is 354 g/mol. The van der Waals surface area contributed by atoms with Crippen molar-refractivity contribution in [3.05, 3.63) is 70.8 Å². The molecule has 2 rings (SSSR count). The third-order valence-electron chi connectivity index (χ3n) is 3.89. The van der Waals surface area contributed by atoms with E-state index in [1.807, 2.05) is 0 Å². The Morgan fingerprint density at radius 3 is 1.08 bits per heavy atom. The van der Waals surface area contributed by atoms with E-state index >= 15 is 0 Å². The molecule has 0 atom stereocenters. The van der Waals surface area contributed by atoms with Gasteiger partial charge in [0, 0.05) is 40.8 Å². The molecule has 0 radical (unpaired) electrons. The molecule has 0 aromatic heterocycles. The zero-order chi connectivity index (χ0) is 18.1.